The van der Waals surface area contributed by atoms with Crippen LogP contribution in [0.4, 0.5) is 0 Å². The third-order valence-electron chi connectivity index (χ3n) is 5.88. The number of hydrogen-bond acceptors (Lipinski definition) is 7. The molecule has 1 unspecified atom stereocenters. The molecule has 1 aromatic heterocycles. The van der Waals surface area contributed by atoms with Crippen LogP contribution in [0.3, 0.4) is 0 Å². The van der Waals surface area contributed by atoms with E-state index < -0.39 is 49.7 Å². The van der Waals surface area contributed by atoms with Crippen molar-refractivity contribution in [1.82, 2.24) is 19.9 Å². The lowest BCUT2D eigenvalue weighted by molar-refractivity contribution is -0.144. The molecule has 0 radical (unpaired) electrons. The van der Waals surface area contributed by atoms with Crippen LogP contribution in [-0.2, 0) is 29.0 Å². The van der Waals surface area contributed by atoms with Crippen LogP contribution in [0.2, 0.25) is 0 Å². The number of carboxylic acids is 1. The molecule has 0 bridgehead atoms. The summed E-state index contributed by atoms with van der Waals surface area (Å²) in [7, 11) is -3.51. The Balaban J connectivity index is 2.37. The van der Waals surface area contributed by atoms with Gasteiger partial charge < -0.3 is 15.7 Å². The number of likely N-dealkylation sites (tertiary alicyclic amines) is 1. The smallest absolute Gasteiger partial charge is 0.308 e. The molecule has 1 saturated heterocycles. The highest BCUT2D eigenvalue weighted by molar-refractivity contribution is 7.91. The van der Waals surface area contributed by atoms with Crippen molar-refractivity contribution in [3.63, 3.8) is 0 Å². The molecule has 2 atom stereocenters. The van der Waals surface area contributed by atoms with Crippen LogP contribution in [0.25, 0.3) is 0 Å². The van der Waals surface area contributed by atoms with Gasteiger partial charge in [-0.25, -0.2) is 13.1 Å². The minimum absolute atomic E-state index is 0.0324. The van der Waals surface area contributed by atoms with Crippen LogP contribution in [0.1, 0.15) is 52.3 Å². The quantitative estimate of drug-likeness (QED) is 0.563. The number of primary amides is 1. The van der Waals surface area contributed by atoms with Crippen LogP contribution in [0.15, 0.2) is 6.20 Å². The fourth-order valence-electron chi connectivity index (χ4n) is 3.47. The van der Waals surface area contributed by atoms with E-state index in [0.717, 1.165) is 6.26 Å². The molecule has 1 aromatic rings. The number of rotatable bonds is 8. The van der Waals surface area contributed by atoms with Crippen LogP contribution < -0.4 is 5.73 Å². The number of amides is 2. The summed E-state index contributed by atoms with van der Waals surface area (Å²) in [5.74, 6) is -2.73. The number of hydrogen-bond donors (Lipinski definition) is 2. The van der Waals surface area contributed by atoms with E-state index in [1.54, 1.807) is 13.8 Å². The first kappa shape index (κ1) is 23.8. The van der Waals surface area contributed by atoms with E-state index in [2.05, 4.69) is 10.3 Å². The summed E-state index contributed by atoms with van der Waals surface area (Å²) in [5.41, 5.74) is 4.78. The number of carbonyl (C=O) groups is 3. The Labute approximate surface area is 175 Å². The Morgan fingerprint density at radius 2 is 1.97 bits per heavy atom. The van der Waals surface area contributed by atoms with Gasteiger partial charge in [0.2, 0.25) is 11.8 Å². The van der Waals surface area contributed by atoms with E-state index in [0.29, 0.717) is 0 Å². The summed E-state index contributed by atoms with van der Waals surface area (Å²) in [6, 6.07) is -0.961. The zero-order valence-corrected chi connectivity index (χ0v) is 18.6. The van der Waals surface area contributed by atoms with Crippen LogP contribution in [-0.4, -0.2) is 70.5 Å². The second kappa shape index (κ2) is 7.97. The molecule has 3 N–H and O–H groups in total. The number of aliphatic carboxylic acids is 1. The maximum Gasteiger partial charge on any atom is 0.308 e. The number of nitrogens with zero attached hydrogens (tertiary/aromatic N) is 4. The molecule has 2 amide bonds. The molecule has 11 nitrogen and oxygen atoms in total. The standard InChI is InChI=1S/C18H29N5O6S/c1-17(2)10-22(8-11(17)16(26)27)15(25)12(6-7-14(19)24)23-9-13(20-21-23)18(3,4)30(5,28)29/h9,11-12H,6-8,10H2,1-5H3,(H2,19,24)(H,26,27)/t11?,12-/m1/s1. The molecule has 12 heteroatoms. The number of carbonyl (C=O) groups excluding carboxylic acids is 2. The maximum atomic E-state index is 13.2. The molecular formula is C18H29N5O6S. The van der Waals surface area contributed by atoms with Crippen molar-refractivity contribution in [3.05, 3.63) is 11.9 Å². The summed E-state index contributed by atoms with van der Waals surface area (Å²) in [4.78, 5) is 37.6. The van der Waals surface area contributed by atoms with Crippen molar-refractivity contribution in [1.29, 1.82) is 0 Å². The Hall–Kier alpha value is -2.50. The predicted octanol–water partition coefficient (Wildman–Crippen LogP) is -0.0664. The van der Waals surface area contributed by atoms with E-state index >= 15 is 0 Å². The van der Waals surface area contributed by atoms with Crippen LogP contribution >= 0.6 is 0 Å². The van der Waals surface area contributed by atoms with Gasteiger partial charge in [0, 0.05) is 25.8 Å². The maximum absolute atomic E-state index is 13.2. The van der Waals surface area contributed by atoms with Gasteiger partial charge in [0.1, 0.15) is 16.5 Å². The van der Waals surface area contributed by atoms with E-state index in [4.69, 9.17) is 5.73 Å². The first-order chi connectivity index (χ1) is 13.6. The van der Waals surface area contributed by atoms with E-state index in [1.807, 2.05) is 0 Å². The van der Waals surface area contributed by atoms with Crippen molar-refractivity contribution >= 4 is 27.6 Å². The summed E-state index contributed by atoms with van der Waals surface area (Å²) >= 11 is 0. The molecule has 168 valence electrons. The molecular weight excluding hydrogens is 414 g/mol. The van der Waals surface area contributed by atoms with Gasteiger partial charge in [0.15, 0.2) is 9.84 Å². The average Bonchev–Trinajstić information content (AvgIpc) is 3.18. The number of nitrogens with two attached hydrogens (primary N) is 1. The zero-order chi connectivity index (χ0) is 23.1. The molecule has 2 heterocycles. The third-order valence-corrected chi connectivity index (χ3v) is 7.94. The molecule has 1 aliphatic rings. The van der Waals surface area contributed by atoms with Crippen molar-refractivity contribution in [2.45, 2.75) is 51.3 Å². The lowest BCUT2D eigenvalue weighted by Gasteiger charge is -2.25. The molecule has 30 heavy (non-hydrogen) atoms. The van der Waals surface area contributed by atoms with E-state index in [1.165, 1.54) is 29.6 Å². The molecule has 1 aliphatic heterocycles. The Kier molecular flexibility index (Phi) is 6.32. The molecule has 1 fully saturated rings. The first-order valence-corrected chi connectivity index (χ1v) is 11.4. The number of carboxylic acid groups (broad SMARTS) is 1. The Morgan fingerprint density at radius 3 is 2.43 bits per heavy atom. The minimum Gasteiger partial charge on any atom is -0.481 e. The topological polar surface area (TPSA) is 166 Å². The largest absolute Gasteiger partial charge is 0.481 e. The van der Waals surface area contributed by atoms with Gasteiger partial charge in [0.05, 0.1) is 12.1 Å². The van der Waals surface area contributed by atoms with Crippen molar-refractivity contribution in [2.24, 2.45) is 17.1 Å². The Morgan fingerprint density at radius 1 is 1.37 bits per heavy atom. The van der Waals surface area contributed by atoms with Crippen LogP contribution in [0, 0.1) is 11.3 Å². The van der Waals surface area contributed by atoms with Crippen molar-refractivity contribution in [2.75, 3.05) is 19.3 Å². The third kappa shape index (κ3) is 4.63. The molecule has 0 aromatic carbocycles. The SMILES string of the molecule is CC1(C)CN(C(=O)[C@@H](CCC(N)=O)n2cc(C(C)(C)S(C)(=O)=O)nn2)CC1C(=O)O. The minimum atomic E-state index is -3.51. The second-order valence-electron chi connectivity index (χ2n) is 8.99. The highest BCUT2D eigenvalue weighted by Gasteiger charge is 2.47. The fourth-order valence-corrected chi connectivity index (χ4v) is 3.94. The number of aromatic nitrogens is 3. The van der Waals surface area contributed by atoms with Gasteiger partial charge in [-0.3, -0.25) is 14.4 Å². The van der Waals surface area contributed by atoms with Crippen molar-refractivity contribution < 1.29 is 27.9 Å². The summed E-state index contributed by atoms with van der Waals surface area (Å²) in [6.45, 7) is 6.78. The van der Waals surface area contributed by atoms with Gasteiger partial charge in [-0.1, -0.05) is 19.1 Å². The lowest BCUT2D eigenvalue weighted by atomic mass is 9.82. The molecule has 2 rings (SSSR count). The predicted molar refractivity (Wildman–Crippen MR) is 107 cm³/mol. The normalized spacial score (nSPS) is 20.2. The molecule has 0 spiro atoms. The zero-order valence-electron chi connectivity index (χ0n) is 17.8. The lowest BCUT2D eigenvalue weighted by Crippen LogP contribution is -2.37. The molecule has 0 aliphatic carbocycles. The average molecular weight is 444 g/mol. The Bertz CT molecular complexity index is 952. The highest BCUT2D eigenvalue weighted by atomic mass is 32.2. The summed E-state index contributed by atoms with van der Waals surface area (Å²) in [5, 5.41) is 17.3. The van der Waals surface area contributed by atoms with E-state index in [9.17, 15) is 27.9 Å². The summed E-state index contributed by atoms with van der Waals surface area (Å²) < 4.78 is 24.1. The van der Waals surface area contributed by atoms with Crippen LogP contribution in [0.5, 0.6) is 0 Å². The highest BCUT2D eigenvalue weighted by Crippen LogP contribution is 2.37. The second-order valence-corrected chi connectivity index (χ2v) is 11.6. The van der Waals surface area contributed by atoms with Gasteiger partial charge in [-0.05, 0) is 25.7 Å². The van der Waals surface area contributed by atoms with Gasteiger partial charge >= 0.3 is 5.97 Å². The van der Waals surface area contributed by atoms with Crippen molar-refractivity contribution in [3.8, 4) is 0 Å². The molecule has 0 saturated carbocycles. The van der Waals surface area contributed by atoms with Gasteiger partial charge in [-0.15, -0.1) is 5.10 Å². The fraction of sp³-hybridized carbons (Fsp3) is 0.722. The van der Waals surface area contributed by atoms with Gasteiger partial charge in [0.25, 0.3) is 0 Å². The monoisotopic (exact) mass is 443 g/mol. The number of sulfone groups is 1. The van der Waals surface area contributed by atoms with E-state index in [-0.39, 0.29) is 31.6 Å². The first-order valence-electron chi connectivity index (χ1n) is 9.49. The summed E-state index contributed by atoms with van der Waals surface area (Å²) in [6.07, 6.45) is 2.40. The van der Waals surface area contributed by atoms with Gasteiger partial charge in [-0.2, -0.15) is 0 Å².